The van der Waals surface area contributed by atoms with Gasteiger partial charge in [-0.3, -0.25) is 0 Å². The molecule has 0 aliphatic heterocycles. The van der Waals surface area contributed by atoms with E-state index in [-0.39, 0.29) is 203 Å². The van der Waals surface area contributed by atoms with Gasteiger partial charge in [-0.2, -0.15) is 0 Å². The van der Waals surface area contributed by atoms with Crippen LogP contribution in [0.2, 0.25) is 0 Å². The predicted molar refractivity (Wildman–Crippen MR) is 289 cm³/mol. The number of fused-ring (bicyclic) bond motifs is 5. The van der Waals surface area contributed by atoms with Gasteiger partial charge in [0.15, 0.2) is 0 Å². The van der Waals surface area contributed by atoms with Gasteiger partial charge in [0.05, 0.1) is 0 Å². The molecule has 8 rings (SSSR count). The van der Waals surface area contributed by atoms with E-state index in [4.69, 9.17) is 185 Å². The van der Waals surface area contributed by atoms with E-state index in [1.54, 1.807) is 0 Å². The van der Waals surface area contributed by atoms with Crippen LogP contribution in [-0.4, -0.2) is 180 Å². The lowest BCUT2D eigenvalue weighted by Gasteiger charge is -2.32. The average molecular weight is 722 g/mol. The maximum atomic E-state index is 7.19. The molecule has 0 spiro atoms. The van der Waals surface area contributed by atoms with E-state index in [2.05, 4.69) is 0 Å². The molecule has 1 aromatic heterocycles. The van der Waals surface area contributed by atoms with Crippen LogP contribution in [0.25, 0.3) is 76.9 Å². The molecule has 0 aliphatic rings. The Balaban J connectivity index is 1.81. The van der Waals surface area contributed by atoms with Gasteiger partial charge in [-0.1, -0.05) is 71.6 Å². The van der Waals surface area contributed by atoms with Crippen molar-refractivity contribution in [1.82, 2.24) is 0 Å². The maximum Gasteiger partial charge on any atom is 0.127 e. The van der Waals surface area contributed by atoms with Crippen LogP contribution in [0.3, 0.4) is 0 Å². The summed E-state index contributed by atoms with van der Waals surface area (Å²) in [7, 11) is 153. The van der Waals surface area contributed by atoms with Gasteiger partial charge >= 0.3 is 0 Å². The SMILES string of the molecule is [B]c1cc(-c2c([B])c([B])c3oc4c([B])c([B])c([B])c([B])c4c3c2[B])c2c(-c3c([B])c([B])c([B])c([B])c3[B])c3c([B])c([B])c([B])c([B])c3c(-c3c([B])c([B])c([B])c([B])c3[B])c2c1[B]. The third kappa shape index (κ3) is 5.81. The Morgan fingerprint density at radius 3 is 0.903 bits per heavy atom. The quantitative estimate of drug-likeness (QED) is 0.131. The van der Waals surface area contributed by atoms with Crippen LogP contribution in [-0.2, 0) is 0 Å². The molecule has 0 atom stereocenters. The van der Waals surface area contributed by atoms with Crippen molar-refractivity contribution in [3.63, 3.8) is 0 Å². The molecule has 0 bridgehead atoms. The van der Waals surface area contributed by atoms with Crippen LogP contribution in [0.5, 0.6) is 0 Å². The zero-order valence-electron chi connectivity index (χ0n) is 32.8. The van der Waals surface area contributed by atoms with Gasteiger partial charge < -0.3 is 4.42 Å². The number of rotatable bonds is 3. The molecule has 0 fully saturated rings. The minimum atomic E-state index is -0.160. The summed E-state index contributed by atoms with van der Waals surface area (Å²) in [5.74, 6) is 0. The molecule has 46 radical (unpaired) electrons. The lowest BCUT2D eigenvalue weighted by atomic mass is 9.56. The van der Waals surface area contributed by atoms with Crippen molar-refractivity contribution in [1.29, 1.82) is 0 Å². The molecule has 8 aromatic rings. The summed E-state index contributed by atoms with van der Waals surface area (Å²) in [5.41, 5.74) is -2.39. The topological polar surface area (TPSA) is 13.1 Å². The van der Waals surface area contributed by atoms with E-state index in [0.717, 1.165) is 0 Å². The first-order chi connectivity index (χ1) is 28.9. The summed E-state index contributed by atoms with van der Waals surface area (Å²) < 4.78 is 6.16. The summed E-state index contributed by atoms with van der Waals surface area (Å²) >= 11 is 0. The first-order valence-corrected chi connectivity index (χ1v) is 18.1. The molecule has 0 amide bonds. The second-order valence-corrected chi connectivity index (χ2v) is 15.0. The Morgan fingerprint density at radius 2 is 0.484 bits per heavy atom. The Morgan fingerprint density at radius 1 is 0.210 bits per heavy atom. The van der Waals surface area contributed by atoms with Crippen molar-refractivity contribution < 1.29 is 4.42 Å². The first-order valence-electron chi connectivity index (χ1n) is 18.1. The van der Waals surface area contributed by atoms with E-state index in [9.17, 15) is 0 Å². The van der Waals surface area contributed by atoms with E-state index in [0.29, 0.717) is 0 Å². The summed E-state index contributed by atoms with van der Waals surface area (Å²) in [6.45, 7) is 0. The fourth-order valence-electron chi connectivity index (χ4n) is 8.46. The number of hydrogen-bond acceptors (Lipinski definition) is 1. The van der Waals surface area contributed by atoms with Crippen molar-refractivity contribution in [2.24, 2.45) is 0 Å². The van der Waals surface area contributed by atoms with E-state index < -0.39 is 0 Å². The second-order valence-electron chi connectivity index (χ2n) is 15.0. The smallest absolute Gasteiger partial charge is 0.127 e. The third-order valence-corrected chi connectivity index (χ3v) is 11.9. The number of hydrogen-bond donors (Lipinski definition) is 0. The highest BCUT2D eigenvalue weighted by atomic mass is 16.3. The molecular weight excluding hydrogens is 721 g/mol. The average Bonchev–Trinajstić information content (AvgIpc) is 3.66. The van der Waals surface area contributed by atoms with Gasteiger partial charge in [-0.05, 0) is 54.9 Å². The van der Waals surface area contributed by atoms with Crippen molar-refractivity contribution in [2.45, 2.75) is 0 Å². The second kappa shape index (κ2) is 15.2. The Bertz CT molecular complexity index is 3390. The molecule has 0 saturated heterocycles. The van der Waals surface area contributed by atoms with Gasteiger partial charge in [0.25, 0.3) is 0 Å². The molecule has 1 nitrogen and oxygen atoms in total. The molecule has 24 heteroatoms. The summed E-state index contributed by atoms with van der Waals surface area (Å²) in [4.78, 5) is 0. The lowest BCUT2D eigenvalue weighted by Crippen LogP contribution is -2.56. The van der Waals surface area contributed by atoms with Gasteiger partial charge in [-0.15, -0.1) is 60.1 Å². The number of furan rings is 1. The third-order valence-electron chi connectivity index (χ3n) is 11.9. The monoisotopic (exact) mass is 726 g/mol. The normalized spacial score (nSPS) is 11.7. The van der Waals surface area contributed by atoms with Gasteiger partial charge in [0, 0.05) is 10.8 Å². The van der Waals surface area contributed by atoms with Crippen molar-refractivity contribution in [3.8, 4) is 33.4 Å². The number of benzene rings is 7. The molecule has 0 saturated carbocycles. The standard InChI is InChI=1S/C38HB23O/c39-3-1-2(5-16(41)13-14-24(49)31(56)34(59)36(61)38(14)62-37(13)35(60)17(5)42)4-6(11-20(45)27(52)32(57)28(53)21(11)46)9-10(19(44)26(51)25(50)18(9)43)7(8(4)15(3)40)12-22(47)29(54)33(58)30(55)23(12)48/h1H. The molecule has 7 aromatic carbocycles. The zero-order chi connectivity index (χ0) is 45.8. The van der Waals surface area contributed by atoms with Crippen molar-refractivity contribution in [3.05, 3.63) is 6.07 Å². The summed E-state index contributed by atoms with van der Waals surface area (Å²) in [6, 6.07) is 1.46. The minimum Gasteiger partial charge on any atom is -0.457 e. The van der Waals surface area contributed by atoms with Crippen LogP contribution in [0.4, 0.5) is 0 Å². The zero-order valence-corrected chi connectivity index (χ0v) is 32.8. The van der Waals surface area contributed by atoms with Crippen LogP contribution in [0.1, 0.15) is 0 Å². The molecule has 228 valence electrons. The van der Waals surface area contributed by atoms with Crippen molar-refractivity contribution in [2.75, 3.05) is 0 Å². The highest BCUT2D eigenvalue weighted by Crippen LogP contribution is 2.43. The molecule has 62 heavy (non-hydrogen) atoms. The fourth-order valence-corrected chi connectivity index (χ4v) is 8.46. The largest absolute Gasteiger partial charge is 0.457 e. The van der Waals surface area contributed by atoms with Crippen molar-refractivity contribution >= 4 is 350 Å². The van der Waals surface area contributed by atoms with Gasteiger partial charge in [0.2, 0.25) is 0 Å². The maximum absolute atomic E-state index is 7.19. The molecule has 0 unspecified atom stereocenters. The van der Waals surface area contributed by atoms with E-state index in [1.165, 1.54) is 6.07 Å². The Labute approximate surface area is 391 Å². The van der Waals surface area contributed by atoms with E-state index in [1.807, 2.05) is 0 Å². The highest BCUT2D eigenvalue weighted by molar-refractivity contribution is 6.75. The molecule has 0 N–H and O–H groups in total. The van der Waals surface area contributed by atoms with Crippen LogP contribution >= 0.6 is 0 Å². The van der Waals surface area contributed by atoms with Crippen LogP contribution < -0.4 is 126 Å². The first kappa shape index (κ1) is 44.9. The van der Waals surface area contributed by atoms with Gasteiger partial charge in [0.1, 0.15) is 192 Å². The summed E-state index contributed by atoms with van der Waals surface area (Å²) in [5, 5.41) is 0.542. The van der Waals surface area contributed by atoms with Crippen LogP contribution in [0, 0.1) is 0 Å². The van der Waals surface area contributed by atoms with Gasteiger partial charge in [-0.25, -0.2) is 0 Å². The van der Waals surface area contributed by atoms with Crippen LogP contribution in [0.15, 0.2) is 10.5 Å². The molecule has 1 heterocycles. The predicted octanol–water partition coefficient (Wildman–Crippen LogP) is -16.8. The highest BCUT2D eigenvalue weighted by Gasteiger charge is 2.30. The lowest BCUT2D eigenvalue weighted by molar-refractivity contribution is 0.675. The fraction of sp³-hybridized carbons (Fsp3) is 0. The minimum absolute atomic E-state index is 0.00226. The van der Waals surface area contributed by atoms with E-state index >= 15 is 0 Å². The Hall–Kier alpha value is -3.65. The molecule has 0 aliphatic carbocycles. The Kier molecular flexibility index (Phi) is 11.0. The summed E-state index contributed by atoms with van der Waals surface area (Å²) in [6.07, 6.45) is 0. The molecular formula is C38HB23O.